The molecule has 8 heteroatoms. The average molecular weight is 493 g/mol. The Hall–Kier alpha value is -2.00. The highest BCUT2D eigenvalue weighted by molar-refractivity contribution is 7.10. The van der Waals surface area contributed by atoms with Crippen LogP contribution in [-0.2, 0) is 16.0 Å². The van der Waals surface area contributed by atoms with Crippen molar-refractivity contribution in [3.8, 4) is 5.75 Å². The van der Waals surface area contributed by atoms with Crippen molar-refractivity contribution in [3.63, 3.8) is 0 Å². The van der Waals surface area contributed by atoms with Gasteiger partial charge >= 0.3 is 0 Å². The van der Waals surface area contributed by atoms with E-state index in [9.17, 15) is 14.3 Å². The van der Waals surface area contributed by atoms with Crippen molar-refractivity contribution >= 4 is 17.2 Å². The molecular formula is C26H37FN2O4S. The van der Waals surface area contributed by atoms with Gasteiger partial charge in [-0.2, -0.15) is 0 Å². The van der Waals surface area contributed by atoms with Gasteiger partial charge in [0.2, 0.25) is 5.91 Å². The molecule has 1 aliphatic heterocycles. The number of halogens is 1. The molecule has 2 aromatic rings. The minimum absolute atomic E-state index is 0.0249. The van der Waals surface area contributed by atoms with Crippen molar-refractivity contribution < 1.29 is 23.8 Å². The lowest BCUT2D eigenvalue weighted by Crippen LogP contribution is -2.48. The van der Waals surface area contributed by atoms with E-state index in [0.717, 1.165) is 24.9 Å². The quantitative estimate of drug-likeness (QED) is 0.455. The molecule has 0 fully saturated rings. The summed E-state index contributed by atoms with van der Waals surface area (Å²) in [6.45, 7) is 9.33. The number of nitrogens with zero attached hydrogens (tertiary/aromatic N) is 2. The van der Waals surface area contributed by atoms with E-state index >= 15 is 0 Å². The zero-order valence-electron chi connectivity index (χ0n) is 20.4. The first-order chi connectivity index (χ1) is 16.4. The number of hydrogen-bond acceptors (Lipinski definition) is 6. The molecule has 1 aromatic carbocycles. The number of amides is 1. The molecule has 34 heavy (non-hydrogen) atoms. The molecule has 0 bridgehead atoms. The van der Waals surface area contributed by atoms with E-state index in [-0.39, 0.29) is 30.9 Å². The zero-order chi connectivity index (χ0) is 24.5. The van der Waals surface area contributed by atoms with Gasteiger partial charge < -0.3 is 19.5 Å². The predicted molar refractivity (Wildman–Crippen MR) is 133 cm³/mol. The van der Waals surface area contributed by atoms with Crippen LogP contribution in [0.2, 0.25) is 0 Å². The fraction of sp³-hybridized carbons (Fsp3) is 0.577. The molecule has 2 heterocycles. The summed E-state index contributed by atoms with van der Waals surface area (Å²) < 4.78 is 24.6. The maximum Gasteiger partial charge on any atom is 0.237 e. The number of fused-ring (bicyclic) bond motifs is 1. The average Bonchev–Trinajstić information content (AvgIpc) is 3.29. The third-order valence-corrected chi connectivity index (χ3v) is 7.00. The Kier molecular flexibility index (Phi) is 10.3. The molecule has 3 rings (SSSR count). The molecule has 1 aromatic heterocycles. The SMILES string of the molecule is CCOC[C@H](O)CN(CCC(C)C)CC(=O)N1CCc2sccc2[C@H]1COc1ccc(F)cc1. The molecule has 0 radical (unpaired) electrons. The van der Waals surface area contributed by atoms with Gasteiger partial charge in [-0.25, -0.2) is 4.39 Å². The summed E-state index contributed by atoms with van der Waals surface area (Å²) in [7, 11) is 0. The number of benzene rings is 1. The number of aliphatic hydroxyl groups is 1. The molecule has 1 aliphatic rings. The maximum atomic E-state index is 13.5. The number of hydrogen-bond donors (Lipinski definition) is 1. The Morgan fingerprint density at radius 1 is 1.29 bits per heavy atom. The van der Waals surface area contributed by atoms with Crippen LogP contribution in [0.25, 0.3) is 0 Å². The number of ether oxygens (including phenoxy) is 2. The summed E-state index contributed by atoms with van der Waals surface area (Å²) in [6, 6.07) is 7.82. The summed E-state index contributed by atoms with van der Waals surface area (Å²) >= 11 is 1.71. The fourth-order valence-corrected chi connectivity index (χ4v) is 5.07. The van der Waals surface area contributed by atoms with E-state index in [1.165, 1.54) is 17.0 Å². The van der Waals surface area contributed by atoms with Crippen LogP contribution in [-0.4, -0.2) is 72.9 Å². The second kappa shape index (κ2) is 13.2. The summed E-state index contributed by atoms with van der Waals surface area (Å²) in [5, 5.41) is 12.4. The Bertz CT molecular complexity index is 889. The largest absolute Gasteiger partial charge is 0.491 e. The van der Waals surface area contributed by atoms with Gasteiger partial charge in [0.1, 0.15) is 18.2 Å². The Labute approximate surface area is 206 Å². The van der Waals surface area contributed by atoms with Crippen molar-refractivity contribution in [3.05, 3.63) is 52.0 Å². The second-order valence-electron chi connectivity index (χ2n) is 9.15. The third kappa shape index (κ3) is 7.77. The van der Waals surface area contributed by atoms with E-state index in [1.54, 1.807) is 23.5 Å². The lowest BCUT2D eigenvalue weighted by atomic mass is 10.00. The van der Waals surface area contributed by atoms with Crippen LogP contribution in [0.15, 0.2) is 35.7 Å². The van der Waals surface area contributed by atoms with Gasteiger partial charge in [-0.05, 0) is 73.5 Å². The summed E-state index contributed by atoms with van der Waals surface area (Å²) in [5.74, 6) is 0.794. The third-order valence-electron chi connectivity index (χ3n) is 6.00. The van der Waals surface area contributed by atoms with Gasteiger partial charge in [0.05, 0.1) is 25.3 Å². The molecule has 1 N–H and O–H groups in total. The van der Waals surface area contributed by atoms with Gasteiger partial charge in [-0.15, -0.1) is 11.3 Å². The molecule has 0 unspecified atom stereocenters. The molecular weight excluding hydrogens is 455 g/mol. The van der Waals surface area contributed by atoms with Crippen molar-refractivity contribution in [2.75, 3.05) is 46.0 Å². The number of carbonyl (C=O) groups excluding carboxylic acids is 1. The highest BCUT2D eigenvalue weighted by atomic mass is 32.1. The summed E-state index contributed by atoms with van der Waals surface area (Å²) in [5.41, 5.74) is 1.12. The normalized spacial score (nSPS) is 16.7. The smallest absolute Gasteiger partial charge is 0.237 e. The van der Waals surface area contributed by atoms with Crippen LogP contribution < -0.4 is 4.74 Å². The fourth-order valence-electron chi connectivity index (χ4n) is 4.14. The number of thiophene rings is 1. The van der Waals surface area contributed by atoms with Gasteiger partial charge in [0, 0.05) is 24.6 Å². The van der Waals surface area contributed by atoms with E-state index in [1.807, 2.05) is 16.7 Å². The first kappa shape index (κ1) is 26.6. The van der Waals surface area contributed by atoms with Gasteiger partial charge in [-0.3, -0.25) is 9.69 Å². The minimum atomic E-state index is -0.637. The number of rotatable bonds is 13. The van der Waals surface area contributed by atoms with Gasteiger partial charge in [0.25, 0.3) is 0 Å². The van der Waals surface area contributed by atoms with Gasteiger partial charge in [-0.1, -0.05) is 13.8 Å². The zero-order valence-corrected chi connectivity index (χ0v) is 21.2. The van der Waals surface area contributed by atoms with Crippen LogP contribution in [0.4, 0.5) is 4.39 Å². The standard InChI is InChI=1S/C26H37FN2O4S/c1-4-32-17-21(30)15-28(12-9-19(2)3)16-26(31)29-13-10-25-23(11-14-34-25)24(29)18-33-22-7-5-20(27)6-8-22/h5-8,11,14,19,21,24,30H,4,9-10,12-13,15-18H2,1-3H3/t21-,24-/m1/s1. The number of carbonyl (C=O) groups is 1. The first-order valence-electron chi connectivity index (χ1n) is 12.1. The highest BCUT2D eigenvalue weighted by Gasteiger charge is 2.33. The highest BCUT2D eigenvalue weighted by Crippen LogP contribution is 2.34. The van der Waals surface area contributed by atoms with E-state index in [2.05, 4.69) is 25.3 Å². The molecule has 188 valence electrons. The van der Waals surface area contributed by atoms with Crippen LogP contribution in [0.1, 0.15) is 43.7 Å². The van der Waals surface area contributed by atoms with E-state index in [0.29, 0.717) is 38.0 Å². The van der Waals surface area contributed by atoms with Crippen LogP contribution in [0, 0.1) is 11.7 Å². The maximum absolute atomic E-state index is 13.5. The summed E-state index contributed by atoms with van der Waals surface area (Å²) in [6.07, 6.45) is 1.13. The Morgan fingerprint density at radius 2 is 2.06 bits per heavy atom. The van der Waals surface area contributed by atoms with E-state index < -0.39 is 6.10 Å². The summed E-state index contributed by atoms with van der Waals surface area (Å²) in [4.78, 5) is 18.7. The van der Waals surface area contributed by atoms with Crippen LogP contribution >= 0.6 is 11.3 Å². The van der Waals surface area contributed by atoms with Crippen molar-refractivity contribution in [2.45, 2.75) is 45.8 Å². The molecule has 2 atom stereocenters. The monoisotopic (exact) mass is 492 g/mol. The number of aliphatic hydroxyl groups excluding tert-OH is 1. The first-order valence-corrected chi connectivity index (χ1v) is 13.0. The lowest BCUT2D eigenvalue weighted by Gasteiger charge is -2.37. The van der Waals surface area contributed by atoms with Crippen molar-refractivity contribution in [1.29, 1.82) is 0 Å². The Morgan fingerprint density at radius 3 is 2.76 bits per heavy atom. The second-order valence-corrected chi connectivity index (χ2v) is 10.1. The molecule has 0 saturated carbocycles. The van der Waals surface area contributed by atoms with E-state index in [4.69, 9.17) is 9.47 Å². The molecule has 0 saturated heterocycles. The predicted octanol–water partition coefficient (Wildman–Crippen LogP) is 4.14. The van der Waals surface area contributed by atoms with Gasteiger partial charge in [0.15, 0.2) is 0 Å². The molecule has 1 amide bonds. The van der Waals surface area contributed by atoms with Crippen molar-refractivity contribution in [1.82, 2.24) is 9.80 Å². The lowest BCUT2D eigenvalue weighted by molar-refractivity contribution is -0.136. The van der Waals surface area contributed by atoms with Crippen LogP contribution in [0.3, 0.4) is 0 Å². The molecule has 0 aliphatic carbocycles. The Balaban J connectivity index is 1.70. The minimum Gasteiger partial charge on any atom is -0.491 e. The molecule has 6 nitrogen and oxygen atoms in total. The van der Waals surface area contributed by atoms with Crippen molar-refractivity contribution in [2.24, 2.45) is 5.92 Å². The molecule has 0 spiro atoms. The topological polar surface area (TPSA) is 62.2 Å². The van der Waals surface area contributed by atoms with Crippen LogP contribution in [0.5, 0.6) is 5.75 Å².